The summed E-state index contributed by atoms with van der Waals surface area (Å²) < 4.78 is 0. The highest BCUT2D eigenvalue weighted by atomic mass is 32.1. The summed E-state index contributed by atoms with van der Waals surface area (Å²) in [5, 5.41) is 2.06. The number of nitrogens with one attached hydrogen (secondary N) is 1. The highest BCUT2D eigenvalue weighted by Crippen LogP contribution is 2.35. The molecule has 0 aliphatic rings. The summed E-state index contributed by atoms with van der Waals surface area (Å²) in [4.78, 5) is 19.5. The number of nitrogens with zero attached hydrogens (tertiary/aromatic N) is 1. The number of fused-ring (bicyclic) bond motifs is 1. The van der Waals surface area contributed by atoms with Crippen LogP contribution in [-0.4, -0.2) is 16.3 Å². The number of thiazole rings is 1. The van der Waals surface area contributed by atoms with Gasteiger partial charge in [-0.05, 0) is 19.9 Å². The highest BCUT2D eigenvalue weighted by molar-refractivity contribution is 7.16. The third kappa shape index (κ3) is 1.57. The number of aromatic amines is 1. The van der Waals surface area contributed by atoms with Crippen LogP contribution in [0.3, 0.4) is 0 Å². The molecule has 1 aromatic carbocycles. The molecule has 0 aliphatic heterocycles. The van der Waals surface area contributed by atoms with Crippen LogP contribution in [-0.2, 0) is 0 Å². The topological polar surface area (TPSA) is 45.8 Å². The van der Waals surface area contributed by atoms with Gasteiger partial charge in [0.15, 0.2) is 6.29 Å². The van der Waals surface area contributed by atoms with E-state index in [1.165, 1.54) is 11.3 Å². The van der Waals surface area contributed by atoms with Gasteiger partial charge < -0.3 is 4.98 Å². The highest BCUT2D eigenvalue weighted by Gasteiger charge is 2.15. The van der Waals surface area contributed by atoms with Crippen LogP contribution in [0.15, 0.2) is 24.3 Å². The van der Waals surface area contributed by atoms with Crippen molar-refractivity contribution >= 4 is 28.5 Å². The first-order valence-corrected chi connectivity index (χ1v) is 6.52. The minimum Gasteiger partial charge on any atom is -0.358 e. The number of rotatable bonds is 2. The fourth-order valence-electron chi connectivity index (χ4n) is 2.18. The second-order valence-corrected chi connectivity index (χ2v) is 5.29. The molecule has 4 heteroatoms. The lowest BCUT2D eigenvalue weighted by atomic mass is 10.1. The number of aromatic nitrogens is 2. The predicted molar refractivity (Wildman–Crippen MR) is 74.3 cm³/mol. The third-order valence-electron chi connectivity index (χ3n) is 3.05. The maximum atomic E-state index is 10.9. The molecule has 3 aromatic rings. The molecule has 0 saturated carbocycles. The number of benzene rings is 1. The first-order chi connectivity index (χ1) is 8.70. The summed E-state index contributed by atoms with van der Waals surface area (Å²) in [5.74, 6) is 0. The van der Waals surface area contributed by atoms with Gasteiger partial charge in [0.1, 0.15) is 5.01 Å². The lowest BCUT2D eigenvalue weighted by Gasteiger charge is -1.95. The summed E-state index contributed by atoms with van der Waals surface area (Å²) in [7, 11) is 0. The van der Waals surface area contributed by atoms with Crippen LogP contribution in [0.5, 0.6) is 0 Å². The van der Waals surface area contributed by atoms with E-state index < -0.39 is 0 Å². The van der Waals surface area contributed by atoms with Crippen LogP contribution in [0.2, 0.25) is 0 Å². The van der Waals surface area contributed by atoms with Gasteiger partial charge in [0.25, 0.3) is 0 Å². The molecular formula is C14H12N2OS. The van der Waals surface area contributed by atoms with Gasteiger partial charge in [-0.2, -0.15) is 0 Å². The number of hydrogen-bond acceptors (Lipinski definition) is 3. The quantitative estimate of drug-likeness (QED) is 0.710. The molecule has 0 aliphatic carbocycles. The van der Waals surface area contributed by atoms with E-state index in [1.807, 2.05) is 32.0 Å². The van der Waals surface area contributed by atoms with Crippen LogP contribution in [0.1, 0.15) is 21.1 Å². The zero-order valence-corrected chi connectivity index (χ0v) is 11.0. The average Bonchev–Trinajstić information content (AvgIpc) is 2.88. The van der Waals surface area contributed by atoms with Gasteiger partial charge in [-0.15, -0.1) is 11.3 Å². The lowest BCUT2D eigenvalue weighted by molar-refractivity contribution is 0.112. The molecule has 2 heterocycles. The molecule has 90 valence electrons. The second kappa shape index (κ2) is 4.07. The van der Waals surface area contributed by atoms with Crippen molar-refractivity contribution in [3.63, 3.8) is 0 Å². The van der Waals surface area contributed by atoms with Crippen molar-refractivity contribution in [2.75, 3.05) is 0 Å². The van der Waals surface area contributed by atoms with Gasteiger partial charge >= 0.3 is 0 Å². The van der Waals surface area contributed by atoms with Crippen LogP contribution in [0.25, 0.3) is 21.5 Å². The van der Waals surface area contributed by atoms with Crippen molar-refractivity contribution in [2.24, 2.45) is 0 Å². The molecule has 0 unspecified atom stereocenters. The second-order valence-electron chi connectivity index (χ2n) is 4.26. The SMILES string of the molecule is Cc1nc(-c2c(C)[nH]c3ccccc23)sc1C=O. The minimum absolute atomic E-state index is 0.703. The Bertz CT molecular complexity index is 739. The summed E-state index contributed by atoms with van der Waals surface area (Å²) in [5.41, 5.74) is 4.09. The number of para-hydroxylation sites is 1. The number of hydrogen-bond donors (Lipinski definition) is 1. The number of aryl methyl sites for hydroxylation is 2. The molecule has 1 N–H and O–H groups in total. The molecule has 0 fully saturated rings. The zero-order chi connectivity index (χ0) is 12.7. The van der Waals surface area contributed by atoms with E-state index in [0.717, 1.165) is 39.1 Å². The van der Waals surface area contributed by atoms with E-state index in [9.17, 15) is 4.79 Å². The van der Waals surface area contributed by atoms with Crippen LogP contribution in [0.4, 0.5) is 0 Å². The van der Waals surface area contributed by atoms with Gasteiger partial charge in [0.05, 0.1) is 10.6 Å². The Morgan fingerprint density at radius 1 is 1.28 bits per heavy atom. The lowest BCUT2D eigenvalue weighted by Crippen LogP contribution is -1.80. The predicted octanol–water partition coefficient (Wildman–Crippen LogP) is 3.72. The monoisotopic (exact) mass is 256 g/mol. The number of aldehydes is 1. The van der Waals surface area contributed by atoms with E-state index in [0.29, 0.717) is 4.88 Å². The normalized spacial score (nSPS) is 11.0. The molecule has 3 nitrogen and oxygen atoms in total. The number of carbonyl (C=O) groups excluding carboxylic acids is 1. The van der Waals surface area contributed by atoms with Crippen LogP contribution < -0.4 is 0 Å². The minimum atomic E-state index is 0.703. The molecule has 0 radical (unpaired) electrons. The number of H-pyrrole nitrogens is 1. The Hall–Kier alpha value is -1.94. The standard InChI is InChI=1S/C14H12N2OS/c1-8-12(7-17)18-14(16-8)13-9(2)15-11-6-4-3-5-10(11)13/h3-7,15H,1-2H3. The fraction of sp³-hybridized carbons (Fsp3) is 0.143. The van der Waals surface area contributed by atoms with E-state index in [1.54, 1.807) is 0 Å². The molecule has 18 heavy (non-hydrogen) atoms. The van der Waals surface area contributed by atoms with Crippen molar-refractivity contribution < 1.29 is 4.79 Å². The Morgan fingerprint density at radius 2 is 2.06 bits per heavy atom. The van der Waals surface area contributed by atoms with E-state index in [4.69, 9.17) is 0 Å². The Kier molecular flexibility index (Phi) is 2.52. The van der Waals surface area contributed by atoms with Crippen molar-refractivity contribution in [3.05, 3.63) is 40.5 Å². The molecule has 2 aromatic heterocycles. The summed E-state index contributed by atoms with van der Waals surface area (Å²) in [6, 6.07) is 8.14. The van der Waals surface area contributed by atoms with Crippen molar-refractivity contribution in [1.29, 1.82) is 0 Å². The van der Waals surface area contributed by atoms with E-state index >= 15 is 0 Å². The summed E-state index contributed by atoms with van der Waals surface area (Å²) in [6.07, 6.45) is 0.876. The van der Waals surface area contributed by atoms with E-state index in [-0.39, 0.29) is 0 Å². The molecule has 0 amide bonds. The third-order valence-corrected chi connectivity index (χ3v) is 4.15. The van der Waals surface area contributed by atoms with Gasteiger partial charge in [-0.25, -0.2) is 4.98 Å². The fourth-order valence-corrected chi connectivity index (χ4v) is 3.17. The average molecular weight is 256 g/mol. The Labute approximate surface area is 108 Å². The molecule has 3 rings (SSSR count). The molecule has 0 saturated heterocycles. The van der Waals surface area contributed by atoms with Gasteiger partial charge in [-0.1, -0.05) is 18.2 Å². The number of carbonyl (C=O) groups is 1. The van der Waals surface area contributed by atoms with Crippen LogP contribution >= 0.6 is 11.3 Å². The van der Waals surface area contributed by atoms with Gasteiger partial charge in [0, 0.05) is 22.2 Å². The first kappa shape index (κ1) is 11.2. The molecule has 0 spiro atoms. The maximum absolute atomic E-state index is 10.9. The summed E-state index contributed by atoms with van der Waals surface area (Å²) in [6.45, 7) is 3.90. The van der Waals surface area contributed by atoms with Gasteiger partial charge in [-0.3, -0.25) is 4.79 Å². The van der Waals surface area contributed by atoms with E-state index in [2.05, 4.69) is 16.0 Å². The zero-order valence-electron chi connectivity index (χ0n) is 10.2. The van der Waals surface area contributed by atoms with Crippen LogP contribution in [0, 0.1) is 13.8 Å². The first-order valence-electron chi connectivity index (χ1n) is 5.71. The Balaban J connectivity index is 2.30. The van der Waals surface area contributed by atoms with Gasteiger partial charge in [0.2, 0.25) is 0 Å². The molecular weight excluding hydrogens is 244 g/mol. The largest absolute Gasteiger partial charge is 0.358 e. The maximum Gasteiger partial charge on any atom is 0.161 e. The summed E-state index contributed by atoms with van der Waals surface area (Å²) >= 11 is 1.45. The van der Waals surface area contributed by atoms with Crippen molar-refractivity contribution in [1.82, 2.24) is 9.97 Å². The molecule has 0 bridgehead atoms. The molecule has 0 atom stereocenters. The smallest absolute Gasteiger partial charge is 0.161 e. The van der Waals surface area contributed by atoms with Crippen molar-refractivity contribution in [3.8, 4) is 10.6 Å². The Morgan fingerprint density at radius 3 is 2.78 bits per heavy atom. The van der Waals surface area contributed by atoms with Crippen molar-refractivity contribution in [2.45, 2.75) is 13.8 Å².